The molecule has 0 spiro atoms. The SMILES string of the molecule is O=C(Nc1ccccc1F)c1cnc(-c2ccccc2)[nH]c1=O. The van der Waals surface area contributed by atoms with Gasteiger partial charge in [0, 0.05) is 11.8 Å². The van der Waals surface area contributed by atoms with Crippen LogP contribution in [0.2, 0.25) is 0 Å². The Bertz CT molecular complexity index is 907. The Morgan fingerprint density at radius 2 is 1.74 bits per heavy atom. The van der Waals surface area contributed by atoms with Gasteiger partial charge in [0.2, 0.25) is 0 Å². The third-order valence-electron chi connectivity index (χ3n) is 3.21. The van der Waals surface area contributed by atoms with Crippen LogP contribution in [0.5, 0.6) is 0 Å². The van der Waals surface area contributed by atoms with Crippen LogP contribution in [0.3, 0.4) is 0 Å². The number of H-pyrrole nitrogens is 1. The molecule has 0 bridgehead atoms. The average Bonchev–Trinajstić information content (AvgIpc) is 2.57. The summed E-state index contributed by atoms with van der Waals surface area (Å²) in [5, 5.41) is 2.35. The topological polar surface area (TPSA) is 74.8 Å². The van der Waals surface area contributed by atoms with Gasteiger partial charge in [0.15, 0.2) is 0 Å². The minimum atomic E-state index is -0.719. The standard InChI is InChI=1S/C17H12FN3O2/c18-13-8-4-5-9-14(13)20-16(22)12-10-19-15(21-17(12)23)11-6-2-1-3-7-11/h1-10H,(H,20,22)(H,19,21,23). The van der Waals surface area contributed by atoms with Gasteiger partial charge in [-0.15, -0.1) is 0 Å². The van der Waals surface area contributed by atoms with E-state index in [1.54, 1.807) is 18.2 Å². The fourth-order valence-corrected chi connectivity index (χ4v) is 2.05. The molecule has 0 atom stereocenters. The van der Waals surface area contributed by atoms with E-state index in [0.717, 1.165) is 5.56 Å². The second-order valence-corrected chi connectivity index (χ2v) is 4.77. The molecule has 1 heterocycles. The van der Waals surface area contributed by atoms with Gasteiger partial charge in [0.1, 0.15) is 17.2 Å². The van der Waals surface area contributed by atoms with Gasteiger partial charge in [-0.1, -0.05) is 42.5 Å². The molecule has 0 aliphatic rings. The monoisotopic (exact) mass is 309 g/mol. The van der Waals surface area contributed by atoms with E-state index in [2.05, 4.69) is 15.3 Å². The smallest absolute Gasteiger partial charge is 0.264 e. The van der Waals surface area contributed by atoms with E-state index in [1.165, 1.54) is 24.4 Å². The minimum Gasteiger partial charge on any atom is -0.319 e. The number of aromatic nitrogens is 2. The molecule has 0 saturated carbocycles. The van der Waals surface area contributed by atoms with Crippen molar-refractivity contribution in [2.45, 2.75) is 0 Å². The number of aromatic amines is 1. The number of para-hydroxylation sites is 1. The summed E-state index contributed by atoms with van der Waals surface area (Å²) in [4.78, 5) is 30.8. The second-order valence-electron chi connectivity index (χ2n) is 4.77. The fourth-order valence-electron chi connectivity index (χ4n) is 2.05. The van der Waals surface area contributed by atoms with Crippen LogP contribution in [0.1, 0.15) is 10.4 Å². The molecule has 0 saturated heterocycles. The van der Waals surface area contributed by atoms with Gasteiger partial charge in [-0.05, 0) is 12.1 Å². The highest BCUT2D eigenvalue weighted by atomic mass is 19.1. The summed E-state index contributed by atoms with van der Waals surface area (Å²) in [6, 6.07) is 14.8. The summed E-state index contributed by atoms with van der Waals surface area (Å²) in [7, 11) is 0. The lowest BCUT2D eigenvalue weighted by Crippen LogP contribution is -2.24. The van der Waals surface area contributed by atoms with Crippen LogP contribution in [0.4, 0.5) is 10.1 Å². The summed E-state index contributed by atoms with van der Waals surface area (Å²) >= 11 is 0. The van der Waals surface area contributed by atoms with Gasteiger partial charge in [-0.25, -0.2) is 9.37 Å². The molecule has 0 aliphatic heterocycles. The lowest BCUT2D eigenvalue weighted by atomic mass is 10.2. The largest absolute Gasteiger partial charge is 0.319 e. The summed E-state index contributed by atoms with van der Waals surface area (Å²) in [5.74, 6) is -0.937. The molecule has 3 rings (SSSR count). The zero-order valence-electron chi connectivity index (χ0n) is 11.9. The average molecular weight is 309 g/mol. The number of hydrogen-bond donors (Lipinski definition) is 2. The lowest BCUT2D eigenvalue weighted by molar-refractivity contribution is 0.102. The third-order valence-corrected chi connectivity index (χ3v) is 3.21. The molecule has 2 aromatic carbocycles. The molecule has 23 heavy (non-hydrogen) atoms. The molecule has 1 amide bonds. The van der Waals surface area contributed by atoms with E-state index in [9.17, 15) is 14.0 Å². The number of carbonyl (C=O) groups excluding carboxylic acids is 1. The number of benzene rings is 2. The first-order valence-corrected chi connectivity index (χ1v) is 6.86. The van der Waals surface area contributed by atoms with Crippen LogP contribution in [0.25, 0.3) is 11.4 Å². The van der Waals surface area contributed by atoms with Gasteiger partial charge >= 0.3 is 0 Å². The van der Waals surface area contributed by atoms with E-state index >= 15 is 0 Å². The first-order valence-electron chi connectivity index (χ1n) is 6.86. The maximum absolute atomic E-state index is 13.5. The van der Waals surface area contributed by atoms with Crippen molar-refractivity contribution in [3.63, 3.8) is 0 Å². The van der Waals surface area contributed by atoms with Crippen molar-refractivity contribution < 1.29 is 9.18 Å². The number of rotatable bonds is 3. The quantitative estimate of drug-likeness (QED) is 0.781. The van der Waals surface area contributed by atoms with E-state index in [1.807, 2.05) is 18.2 Å². The fraction of sp³-hybridized carbons (Fsp3) is 0. The molecule has 6 heteroatoms. The Hall–Kier alpha value is -3.28. The minimum absolute atomic E-state index is 0.00374. The summed E-state index contributed by atoms with van der Waals surface area (Å²) in [6.07, 6.45) is 1.18. The van der Waals surface area contributed by atoms with Gasteiger partial charge in [-0.2, -0.15) is 0 Å². The molecule has 1 aromatic heterocycles. The van der Waals surface area contributed by atoms with Gasteiger partial charge in [-0.3, -0.25) is 9.59 Å². The van der Waals surface area contributed by atoms with Crippen LogP contribution in [0, 0.1) is 5.82 Å². The van der Waals surface area contributed by atoms with E-state index < -0.39 is 17.3 Å². The third kappa shape index (κ3) is 3.16. The van der Waals surface area contributed by atoms with Gasteiger partial charge < -0.3 is 10.3 Å². The Kier molecular flexibility index (Phi) is 3.97. The summed E-state index contributed by atoms with van der Waals surface area (Å²) < 4.78 is 13.5. The summed E-state index contributed by atoms with van der Waals surface area (Å²) in [5.41, 5.74) is -0.0460. The Morgan fingerprint density at radius 3 is 2.43 bits per heavy atom. The summed E-state index contributed by atoms with van der Waals surface area (Å²) in [6.45, 7) is 0. The van der Waals surface area contributed by atoms with Crippen molar-refractivity contribution in [3.8, 4) is 11.4 Å². The van der Waals surface area contributed by atoms with Crippen LogP contribution in [-0.4, -0.2) is 15.9 Å². The maximum atomic E-state index is 13.5. The second kappa shape index (κ2) is 6.23. The first-order chi connectivity index (χ1) is 11.1. The van der Waals surface area contributed by atoms with E-state index in [-0.39, 0.29) is 11.3 Å². The zero-order chi connectivity index (χ0) is 16.2. The van der Waals surface area contributed by atoms with Crippen molar-refractivity contribution in [2.75, 3.05) is 5.32 Å². The molecule has 0 unspecified atom stereocenters. The molecular weight excluding hydrogens is 297 g/mol. The van der Waals surface area contributed by atoms with Crippen LogP contribution in [0.15, 0.2) is 65.6 Å². The molecule has 5 nitrogen and oxygen atoms in total. The van der Waals surface area contributed by atoms with Gasteiger partial charge in [0.05, 0.1) is 5.69 Å². The van der Waals surface area contributed by atoms with E-state index in [4.69, 9.17) is 0 Å². The van der Waals surface area contributed by atoms with Crippen LogP contribution < -0.4 is 10.9 Å². The molecule has 0 aliphatic carbocycles. The number of anilines is 1. The zero-order valence-corrected chi connectivity index (χ0v) is 11.9. The van der Waals surface area contributed by atoms with Crippen molar-refractivity contribution in [1.29, 1.82) is 0 Å². The highest BCUT2D eigenvalue weighted by Gasteiger charge is 2.14. The highest BCUT2D eigenvalue weighted by molar-refractivity contribution is 6.03. The molecule has 0 fully saturated rings. The predicted molar refractivity (Wildman–Crippen MR) is 84.6 cm³/mol. The number of nitrogens with one attached hydrogen (secondary N) is 2. The molecule has 114 valence electrons. The van der Waals surface area contributed by atoms with Crippen LogP contribution in [-0.2, 0) is 0 Å². The molecule has 2 N–H and O–H groups in total. The number of amides is 1. The van der Waals surface area contributed by atoms with Gasteiger partial charge in [0.25, 0.3) is 11.5 Å². The number of hydrogen-bond acceptors (Lipinski definition) is 3. The van der Waals surface area contributed by atoms with E-state index in [0.29, 0.717) is 5.82 Å². The first kappa shape index (κ1) is 14.6. The normalized spacial score (nSPS) is 10.3. The highest BCUT2D eigenvalue weighted by Crippen LogP contribution is 2.14. The van der Waals surface area contributed by atoms with Crippen molar-refractivity contribution in [3.05, 3.63) is 82.5 Å². The number of carbonyl (C=O) groups is 1. The Balaban J connectivity index is 1.88. The van der Waals surface area contributed by atoms with Crippen molar-refractivity contribution in [1.82, 2.24) is 9.97 Å². The van der Waals surface area contributed by atoms with Crippen LogP contribution >= 0.6 is 0 Å². The Morgan fingerprint density at radius 1 is 1.04 bits per heavy atom. The Labute approximate surface area is 130 Å². The number of nitrogens with zero attached hydrogens (tertiary/aromatic N) is 1. The molecule has 3 aromatic rings. The maximum Gasteiger partial charge on any atom is 0.264 e. The lowest BCUT2D eigenvalue weighted by Gasteiger charge is -2.06. The predicted octanol–water partition coefficient (Wildman–Crippen LogP) is 2.83. The number of halogens is 1. The van der Waals surface area contributed by atoms with Crippen molar-refractivity contribution >= 4 is 11.6 Å². The molecular formula is C17H12FN3O2. The van der Waals surface area contributed by atoms with Crippen molar-refractivity contribution in [2.24, 2.45) is 0 Å². The molecule has 0 radical (unpaired) electrons.